The van der Waals surface area contributed by atoms with Crippen LogP contribution in [0, 0.1) is 11.8 Å². The van der Waals surface area contributed by atoms with Gasteiger partial charge in [0.15, 0.2) is 0 Å². The molecular formula is C23H19F3N4O3. The van der Waals surface area contributed by atoms with Crippen molar-refractivity contribution in [3.05, 3.63) is 77.4 Å². The summed E-state index contributed by atoms with van der Waals surface area (Å²) in [5, 5.41) is 15.6. The van der Waals surface area contributed by atoms with Crippen molar-refractivity contribution in [1.29, 1.82) is 0 Å². The van der Waals surface area contributed by atoms with Gasteiger partial charge in [-0.25, -0.2) is 4.79 Å². The van der Waals surface area contributed by atoms with E-state index in [1.54, 1.807) is 30.5 Å². The van der Waals surface area contributed by atoms with Crippen LogP contribution in [0.5, 0.6) is 0 Å². The first-order valence-electron chi connectivity index (χ1n) is 9.30. The molecular weight excluding hydrogens is 437 g/mol. The summed E-state index contributed by atoms with van der Waals surface area (Å²) in [6.07, 6.45) is -3.48. The number of fused-ring (bicyclic) bond motifs is 1. The zero-order valence-corrected chi connectivity index (χ0v) is 17.1. The Kier molecular flexibility index (Phi) is 8.40. The number of carbonyl (C=O) groups excluding carboxylic acids is 1. The van der Waals surface area contributed by atoms with Crippen molar-refractivity contribution in [2.45, 2.75) is 6.18 Å². The quantitative estimate of drug-likeness (QED) is 0.158. The van der Waals surface area contributed by atoms with E-state index >= 15 is 0 Å². The molecule has 3 aromatic rings. The third-order valence-electron chi connectivity index (χ3n) is 4.07. The van der Waals surface area contributed by atoms with E-state index in [4.69, 9.17) is 21.5 Å². The lowest BCUT2D eigenvalue weighted by molar-refractivity contribution is -0.192. The van der Waals surface area contributed by atoms with Gasteiger partial charge in [-0.15, -0.1) is 0 Å². The van der Waals surface area contributed by atoms with Crippen molar-refractivity contribution < 1.29 is 27.9 Å². The second-order valence-corrected chi connectivity index (χ2v) is 6.51. The molecule has 6 N–H and O–H groups in total. The number of aliphatic carboxylic acids is 1. The molecule has 0 aliphatic heterocycles. The fourth-order valence-electron chi connectivity index (χ4n) is 2.52. The van der Waals surface area contributed by atoms with E-state index in [1.807, 2.05) is 36.4 Å². The third-order valence-corrected chi connectivity index (χ3v) is 4.07. The van der Waals surface area contributed by atoms with Crippen molar-refractivity contribution in [2.24, 2.45) is 10.9 Å². The number of nitrogens with two attached hydrogens (primary N) is 2. The maximum atomic E-state index is 12.0. The van der Waals surface area contributed by atoms with Gasteiger partial charge in [-0.1, -0.05) is 30.0 Å². The average molecular weight is 456 g/mol. The second-order valence-electron chi connectivity index (χ2n) is 6.51. The number of hydrogen-bond acceptors (Lipinski definition) is 5. The fourth-order valence-corrected chi connectivity index (χ4v) is 2.52. The molecule has 170 valence electrons. The van der Waals surface area contributed by atoms with Gasteiger partial charge in [0.2, 0.25) is 0 Å². The van der Waals surface area contributed by atoms with Crippen LogP contribution in [0.1, 0.15) is 21.5 Å². The summed E-state index contributed by atoms with van der Waals surface area (Å²) in [5.74, 6) is 8.27. The number of carboxylic acid groups (broad SMARTS) is 1. The summed E-state index contributed by atoms with van der Waals surface area (Å²) in [7, 11) is 0. The number of benzene rings is 3. The molecule has 0 saturated heterocycles. The van der Waals surface area contributed by atoms with Gasteiger partial charge >= 0.3 is 12.1 Å². The predicted octanol–water partition coefficient (Wildman–Crippen LogP) is 3.13. The minimum Gasteiger partial charge on any atom is -0.475 e. The molecule has 0 aliphatic carbocycles. The van der Waals surface area contributed by atoms with Crippen molar-refractivity contribution in [1.82, 2.24) is 5.32 Å². The number of nitrogens with one attached hydrogen (secondary N) is 1. The largest absolute Gasteiger partial charge is 0.490 e. The number of halogens is 3. The van der Waals surface area contributed by atoms with Crippen LogP contribution in [-0.2, 0) is 4.79 Å². The molecule has 3 aromatic carbocycles. The van der Waals surface area contributed by atoms with Crippen LogP contribution in [0.15, 0.2) is 65.8 Å². The van der Waals surface area contributed by atoms with E-state index in [-0.39, 0.29) is 12.5 Å². The molecule has 33 heavy (non-hydrogen) atoms. The topological polar surface area (TPSA) is 131 Å². The van der Waals surface area contributed by atoms with Crippen LogP contribution < -0.4 is 16.9 Å². The standard InChI is InChI=1S/C21H18N4O.C2HF3O2/c22-20-9-7-17(8-10-20)21(26)24-11-1-2-15-3-5-19-13-16(14-25-23)4-6-18(19)12-15;3-2(4,5)1(6)7/h3-10,12-14H,11,22-23H2,(H,24,26);(H,6,7). The smallest absolute Gasteiger partial charge is 0.475 e. The van der Waals surface area contributed by atoms with Gasteiger partial charge in [-0.05, 0) is 58.8 Å². The summed E-state index contributed by atoms with van der Waals surface area (Å²) in [6, 6.07) is 18.7. The van der Waals surface area contributed by atoms with Gasteiger partial charge in [0.1, 0.15) is 0 Å². The van der Waals surface area contributed by atoms with Gasteiger partial charge in [0.05, 0.1) is 12.8 Å². The minimum absolute atomic E-state index is 0.174. The Hall–Kier alpha value is -4.52. The van der Waals surface area contributed by atoms with Crippen molar-refractivity contribution >= 4 is 34.6 Å². The zero-order chi connectivity index (χ0) is 24.4. The van der Waals surface area contributed by atoms with E-state index in [0.29, 0.717) is 11.3 Å². The molecule has 0 bridgehead atoms. The highest BCUT2D eigenvalue weighted by Gasteiger charge is 2.38. The molecule has 0 heterocycles. The zero-order valence-electron chi connectivity index (χ0n) is 17.1. The van der Waals surface area contributed by atoms with E-state index in [2.05, 4.69) is 22.3 Å². The molecule has 1 amide bonds. The lowest BCUT2D eigenvalue weighted by Crippen LogP contribution is -2.23. The Morgan fingerprint density at radius 3 is 2.24 bits per heavy atom. The molecule has 0 saturated carbocycles. The molecule has 3 rings (SSSR count). The van der Waals surface area contributed by atoms with Gasteiger partial charge in [0.25, 0.3) is 5.91 Å². The highest BCUT2D eigenvalue weighted by Crippen LogP contribution is 2.17. The number of carbonyl (C=O) groups is 2. The van der Waals surface area contributed by atoms with E-state index < -0.39 is 12.1 Å². The molecule has 0 spiro atoms. The van der Waals surface area contributed by atoms with E-state index in [1.165, 1.54) is 0 Å². The molecule has 7 nitrogen and oxygen atoms in total. The van der Waals surface area contributed by atoms with Gasteiger partial charge in [-0.3, -0.25) is 4.79 Å². The van der Waals surface area contributed by atoms with Crippen LogP contribution >= 0.6 is 0 Å². The number of carboxylic acids is 1. The predicted molar refractivity (Wildman–Crippen MR) is 119 cm³/mol. The minimum atomic E-state index is -5.08. The fraction of sp³-hybridized carbons (Fsp3) is 0.0870. The molecule has 10 heteroatoms. The first-order valence-corrected chi connectivity index (χ1v) is 9.30. The number of alkyl halides is 3. The van der Waals surface area contributed by atoms with Crippen molar-refractivity contribution in [2.75, 3.05) is 12.3 Å². The lowest BCUT2D eigenvalue weighted by Gasteiger charge is -2.02. The van der Waals surface area contributed by atoms with Crippen molar-refractivity contribution in [3.63, 3.8) is 0 Å². The third kappa shape index (κ3) is 7.91. The first kappa shape index (κ1) is 24.7. The number of rotatable bonds is 3. The maximum absolute atomic E-state index is 12.0. The second kappa shape index (κ2) is 11.2. The number of nitrogen functional groups attached to an aromatic ring is 1. The molecule has 0 aromatic heterocycles. The number of amides is 1. The molecule has 0 unspecified atom stereocenters. The molecule has 0 fully saturated rings. The summed E-state index contributed by atoms with van der Waals surface area (Å²) in [5.41, 5.74) is 8.63. The Morgan fingerprint density at radius 1 is 1.03 bits per heavy atom. The van der Waals surface area contributed by atoms with Gasteiger partial charge in [0, 0.05) is 16.8 Å². The summed E-state index contributed by atoms with van der Waals surface area (Å²) < 4.78 is 31.7. The van der Waals surface area contributed by atoms with Crippen LogP contribution in [0.25, 0.3) is 10.8 Å². The highest BCUT2D eigenvalue weighted by molar-refractivity contribution is 5.94. The Bertz CT molecular complexity index is 1230. The van der Waals surface area contributed by atoms with Crippen LogP contribution in [0.3, 0.4) is 0 Å². The monoisotopic (exact) mass is 456 g/mol. The average Bonchev–Trinajstić information content (AvgIpc) is 2.77. The normalized spacial score (nSPS) is 10.6. The number of anilines is 1. The van der Waals surface area contributed by atoms with Gasteiger partial charge < -0.3 is 22.0 Å². The van der Waals surface area contributed by atoms with Crippen LogP contribution in [-0.4, -0.2) is 35.9 Å². The summed E-state index contributed by atoms with van der Waals surface area (Å²) in [4.78, 5) is 20.9. The number of nitrogens with zero attached hydrogens (tertiary/aromatic N) is 1. The first-order chi connectivity index (χ1) is 15.6. The lowest BCUT2D eigenvalue weighted by atomic mass is 10.0. The number of hydrazone groups is 1. The molecule has 0 radical (unpaired) electrons. The SMILES string of the molecule is NN=Cc1ccc2cc(C#CCNC(=O)c3ccc(N)cc3)ccc2c1.O=C(O)C(F)(F)F. The van der Waals surface area contributed by atoms with Crippen LogP contribution in [0.4, 0.5) is 18.9 Å². The van der Waals surface area contributed by atoms with Gasteiger partial charge in [-0.2, -0.15) is 18.3 Å². The Balaban J connectivity index is 0.000000479. The Labute approximate surface area is 186 Å². The van der Waals surface area contributed by atoms with Crippen molar-refractivity contribution in [3.8, 4) is 11.8 Å². The summed E-state index contributed by atoms with van der Waals surface area (Å²) in [6.45, 7) is 0.271. The van der Waals surface area contributed by atoms with E-state index in [0.717, 1.165) is 21.9 Å². The summed E-state index contributed by atoms with van der Waals surface area (Å²) >= 11 is 0. The molecule has 0 atom stereocenters. The van der Waals surface area contributed by atoms with E-state index in [9.17, 15) is 18.0 Å². The molecule has 0 aliphatic rings. The highest BCUT2D eigenvalue weighted by atomic mass is 19.4. The Morgan fingerprint density at radius 2 is 1.64 bits per heavy atom. The maximum Gasteiger partial charge on any atom is 0.490 e. The van der Waals surface area contributed by atoms with Crippen LogP contribution in [0.2, 0.25) is 0 Å². The number of hydrogen-bond donors (Lipinski definition) is 4.